The number of aromatic amines is 1. The highest BCUT2D eigenvalue weighted by Crippen LogP contribution is 2.38. The van der Waals surface area contributed by atoms with Crippen molar-refractivity contribution in [1.82, 2.24) is 4.98 Å². The average Bonchev–Trinajstić information content (AvgIpc) is 2.70. The van der Waals surface area contributed by atoms with Crippen molar-refractivity contribution < 1.29 is 4.74 Å². The van der Waals surface area contributed by atoms with Crippen molar-refractivity contribution in [3.05, 3.63) is 29.5 Å². The predicted octanol–water partition coefficient (Wildman–Crippen LogP) is 4.18. The molecule has 2 aromatic rings. The molecule has 18 heavy (non-hydrogen) atoms. The Morgan fingerprint density at radius 1 is 1.17 bits per heavy atom. The minimum atomic E-state index is -0.0615. The largest absolute Gasteiger partial charge is 0.487 e. The summed E-state index contributed by atoms with van der Waals surface area (Å²) in [6.45, 7) is 11.0. The first-order chi connectivity index (χ1) is 8.24. The van der Waals surface area contributed by atoms with E-state index in [1.165, 1.54) is 22.2 Å². The van der Waals surface area contributed by atoms with Crippen LogP contribution in [0.5, 0.6) is 5.75 Å². The number of hydrogen-bond acceptors (Lipinski definition) is 1. The zero-order valence-electron chi connectivity index (χ0n) is 11.8. The van der Waals surface area contributed by atoms with Crippen LogP contribution >= 0.6 is 0 Å². The van der Waals surface area contributed by atoms with E-state index >= 15 is 0 Å². The van der Waals surface area contributed by atoms with E-state index in [1.54, 1.807) is 0 Å². The van der Waals surface area contributed by atoms with Crippen LogP contribution in [0.4, 0.5) is 0 Å². The van der Waals surface area contributed by atoms with Crippen LogP contribution < -0.4 is 4.74 Å². The molecule has 0 unspecified atom stereocenters. The molecule has 1 aromatic carbocycles. The van der Waals surface area contributed by atoms with Crippen LogP contribution in [0.3, 0.4) is 0 Å². The second-order valence-electron chi connectivity index (χ2n) is 7.02. The molecular weight excluding hydrogens is 222 g/mol. The van der Waals surface area contributed by atoms with Crippen LogP contribution in [0.2, 0.25) is 0 Å². The number of H-pyrrole nitrogens is 1. The summed E-state index contributed by atoms with van der Waals surface area (Å²) in [6.07, 6.45) is 0.994. The third kappa shape index (κ3) is 1.80. The van der Waals surface area contributed by atoms with Crippen molar-refractivity contribution >= 4 is 10.9 Å². The first kappa shape index (κ1) is 11.6. The first-order valence-corrected chi connectivity index (χ1v) is 6.60. The highest BCUT2D eigenvalue weighted by molar-refractivity contribution is 5.83. The summed E-state index contributed by atoms with van der Waals surface area (Å²) in [5.74, 6) is 1.04. The van der Waals surface area contributed by atoms with E-state index < -0.39 is 0 Å². The molecule has 2 nitrogen and oxygen atoms in total. The summed E-state index contributed by atoms with van der Waals surface area (Å²) in [4.78, 5) is 3.51. The van der Waals surface area contributed by atoms with Gasteiger partial charge in [0.05, 0.1) is 0 Å². The molecular formula is C16H21NO. The zero-order valence-corrected chi connectivity index (χ0v) is 11.8. The second kappa shape index (κ2) is 3.31. The molecule has 96 valence electrons. The van der Waals surface area contributed by atoms with Gasteiger partial charge in [0.1, 0.15) is 11.4 Å². The monoisotopic (exact) mass is 243 g/mol. The van der Waals surface area contributed by atoms with Gasteiger partial charge in [0.15, 0.2) is 0 Å². The molecule has 2 heteroatoms. The van der Waals surface area contributed by atoms with E-state index in [4.69, 9.17) is 4.74 Å². The molecule has 0 fully saturated rings. The maximum atomic E-state index is 5.98. The molecule has 0 atom stereocenters. The van der Waals surface area contributed by atoms with Crippen LogP contribution in [-0.2, 0) is 11.8 Å². The summed E-state index contributed by atoms with van der Waals surface area (Å²) in [7, 11) is 0. The van der Waals surface area contributed by atoms with Gasteiger partial charge in [-0.1, -0.05) is 20.8 Å². The number of fused-ring (bicyclic) bond motifs is 2. The number of aromatic nitrogens is 1. The minimum Gasteiger partial charge on any atom is -0.487 e. The Labute approximate surface area is 108 Å². The van der Waals surface area contributed by atoms with Gasteiger partial charge in [-0.05, 0) is 31.5 Å². The number of benzene rings is 1. The van der Waals surface area contributed by atoms with Crippen molar-refractivity contribution in [3.8, 4) is 5.75 Å². The van der Waals surface area contributed by atoms with Crippen molar-refractivity contribution in [3.63, 3.8) is 0 Å². The van der Waals surface area contributed by atoms with Crippen LogP contribution in [0.15, 0.2) is 18.2 Å². The van der Waals surface area contributed by atoms with Crippen LogP contribution in [0, 0.1) is 0 Å². The Bertz CT molecular complexity index is 569. The first-order valence-electron chi connectivity index (χ1n) is 6.60. The topological polar surface area (TPSA) is 25.0 Å². The lowest BCUT2D eigenvalue weighted by atomic mass is 9.92. The van der Waals surface area contributed by atoms with Crippen LogP contribution in [0.1, 0.15) is 45.9 Å². The zero-order chi connectivity index (χ0) is 13.1. The fraction of sp³-hybridized carbons (Fsp3) is 0.500. The van der Waals surface area contributed by atoms with Gasteiger partial charge < -0.3 is 9.72 Å². The molecule has 3 rings (SSSR count). The summed E-state index contributed by atoms with van der Waals surface area (Å²) in [6, 6.07) is 6.68. The SMILES string of the molecule is CC1(C)Cc2cc3cc(C(C)(C)C)[nH]c3cc2O1. The van der Waals surface area contributed by atoms with Crippen LogP contribution in [0.25, 0.3) is 10.9 Å². The molecule has 0 aliphatic carbocycles. The maximum Gasteiger partial charge on any atom is 0.125 e. The fourth-order valence-corrected chi connectivity index (χ4v) is 2.64. The van der Waals surface area contributed by atoms with Gasteiger partial charge in [0.2, 0.25) is 0 Å². The lowest BCUT2D eigenvalue weighted by molar-refractivity contribution is 0.138. The lowest BCUT2D eigenvalue weighted by Crippen LogP contribution is -2.24. The van der Waals surface area contributed by atoms with Crippen molar-refractivity contribution in [2.75, 3.05) is 0 Å². The molecule has 1 aromatic heterocycles. The molecule has 1 aliphatic rings. The minimum absolute atomic E-state index is 0.0615. The molecule has 2 heterocycles. The highest BCUT2D eigenvalue weighted by Gasteiger charge is 2.30. The second-order valence-corrected chi connectivity index (χ2v) is 7.02. The van der Waals surface area contributed by atoms with Crippen molar-refractivity contribution in [2.24, 2.45) is 0 Å². The average molecular weight is 243 g/mol. The predicted molar refractivity (Wildman–Crippen MR) is 75.4 cm³/mol. The Morgan fingerprint density at radius 2 is 1.89 bits per heavy atom. The standard InChI is InChI=1S/C16H21NO/c1-15(2,3)14-7-10-6-11-9-16(4,5)18-13(11)8-12(10)17-14/h6-8,17H,9H2,1-5H3. The van der Waals surface area contributed by atoms with Gasteiger partial charge in [-0.15, -0.1) is 0 Å². The summed E-state index contributed by atoms with van der Waals surface area (Å²) < 4.78 is 5.98. The smallest absolute Gasteiger partial charge is 0.125 e. The Hall–Kier alpha value is -1.44. The number of hydrogen-bond donors (Lipinski definition) is 1. The van der Waals surface area contributed by atoms with Gasteiger partial charge >= 0.3 is 0 Å². The number of rotatable bonds is 0. The highest BCUT2D eigenvalue weighted by atomic mass is 16.5. The van der Waals surface area contributed by atoms with E-state index in [1.807, 2.05) is 0 Å². The molecule has 1 N–H and O–H groups in total. The fourth-order valence-electron chi connectivity index (χ4n) is 2.64. The van der Waals surface area contributed by atoms with E-state index in [2.05, 4.69) is 57.8 Å². The third-order valence-electron chi connectivity index (χ3n) is 3.61. The maximum absolute atomic E-state index is 5.98. The molecule has 0 amide bonds. The molecule has 0 bridgehead atoms. The van der Waals surface area contributed by atoms with Crippen molar-refractivity contribution in [1.29, 1.82) is 0 Å². The Balaban J connectivity index is 2.12. The molecule has 0 spiro atoms. The van der Waals surface area contributed by atoms with Crippen molar-refractivity contribution in [2.45, 2.75) is 52.1 Å². The number of ether oxygens (including phenoxy) is 1. The van der Waals surface area contributed by atoms with Gasteiger partial charge in [0, 0.05) is 34.5 Å². The van der Waals surface area contributed by atoms with Gasteiger partial charge in [0.25, 0.3) is 0 Å². The Morgan fingerprint density at radius 3 is 2.56 bits per heavy atom. The molecule has 0 radical (unpaired) electrons. The summed E-state index contributed by atoms with van der Waals surface area (Å²) in [5, 5.41) is 1.29. The number of nitrogens with one attached hydrogen (secondary N) is 1. The van der Waals surface area contributed by atoms with E-state index in [0.29, 0.717) is 0 Å². The summed E-state index contributed by atoms with van der Waals surface area (Å²) in [5.41, 5.74) is 3.88. The summed E-state index contributed by atoms with van der Waals surface area (Å²) >= 11 is 0. The van der Waals surface area contributed by atoms with E-state index in [0.717, 1.165) is 12.2 Å². The van der Waals surface area contributed by atoms with E-state index in [-0.39, 0.29) is 11.0 Å². The van der Waals surface area contributed by atoms with E-state index in [9.17, 15) is 0 Å². The lowest BCUT2D eigenvalue weighted by Gasteiger charge is -2.17. The van der Waals surface area contributed by atoms with Gasteiger partial charge in [-0.25, -0.2) is 0 Å². The quantitative estimate of drug-likeness (QED) is 0.737. The normalized spacial score (nSPS) is 17.8. The van der Waals surface area contributed by atoms with Crippen LogP contribution in [-0.4, -0.2) is 10.6 Å². The van der Waals surface area contributed by atoms with Gasteiger partial charge in [-0.2, -0.15) is 0 Å². The molecule has 0 saturated heterocycles. The van der Waals surface area contributed by atoms with Gasteiger partial charge in [-0.3, -0.25) is 0 Å². The Kier molecular flexibility index (Phi) is 2.14. The molecule has 0 saturated carbocycles. The molecule has 1 aliphatic heterocycles. The third-order valence-corrected chi connectivity index (χ3v) is 3.61.